The van der Waals surface area contributed by atoms with Gasteiger partial charge in [-0.2, -0.15) is 21.6 Å². The van der Waals surface area contributed by atoms with Crippen molar-refractivity contribution in [3.63, 3.8) is 0 Å². The van der Waals surface area contributed by atoms with Crippen LogP contribution in [0.1, 0.15) is 10.4 Å². The molecular formula is C11H11F3O7S. The number of carbonyl (C=O) groups is 1. The van der Waals surface area contributed by atoms with Crippen LogP contribution in [0, 0.1) is 0 Å². The van der Waals surface area contributed by atoms with E-state index >= 15 is 0 Å². The summed E-state index contributed by atoms with van der Waals surface area (Å²) >= 11 is 0. The van der Waals surface area contributed by atoms with Gasteiger partial charge in [-0.05, 0) is 12.1 Å². The Kier molecular flexibility index (Phi) is 5.60. The number of carbonyl (C=O) groups excluding carboxylic acids is 1. The smallest absolute Gasteiger partial charge is 0.467 e. The van der Waals surface area contributed by atoms with E-state index in [1.165, 1.54) is 7.11 Å². The van der Waals surface area contributed by atoms with Gasteiger partial charge in [0.05, 0.1) is 7.11 Å². The predicted octanol–water partition coefficient (Wildman–Crippen LogP) is 1.68. The molecule has 124 valence electrons. The molecule has 0 aliphatic carbocycles. The maximum Gasteiger partial charge on any atom is 0.534 e. The van der Waals surface area contributed by atoms with Gasteiger partial charge in [0.15, 0.2) is 6.79 Å². The Morgan fingerprint density at radius 2 is 1.86 bits per heavy atom. The lowest BCUT2D eigenvalue weighted by Crippen LogP contribution is -2.28. The molecule has 22 heavy (non-hydrogen) atoms. The second-order valence-electron chi connectivity index (χ2n) is 3.68. The average molecular weight is 344 g/mol. The zero-order valence-corrected chi connectivity index (χ0v) is 12.2. The van der Waals surface area contributed by atoms with Crippen molar-refractivity contribution < 1.29 is 44.8 Å². The fraction of sp³-hybridized carbons (Fsp3) is 0.364. The number of halogens is 3. The van der Waals surface area contributed by atoms with Crippen molar-refractivity contribution in [1.82, 2.24) is 0 Å². The number of hydrogen-bond donors (Lipinski definition) is 0. The van der Waals surface area contributed by atoms with Crippen LogP contribution in [0.4, 0.5) is 13.2 Å². The second-order valence-corrected chi connectivity index (χ2v) is 5.22. The minimum Gasteiger partial charge on any atom is -0.467 e. The summed E-state index contributed by atoms with van der Waals surface area (Å²) in [4.78, 5) is 11.5. The number of esters is 1. The molecule has 0 aromatic heterocycles. The molecule has 0 heterocycles. The van der Waals surface area contributed by atoms with Crippen molar-refractivity contribution in [2.24, 2.45) is 0 Å². The molecule has 0 aliphatic heterocycles. The van der Waals surface area contributed by atoms with Gasteiger partial charge in [-0.3, -0.25) is 0 Å². The van der Waals surface area contributed by atoms with Crippen LogP contribution in [-0.4, -0.2) is 40.9 Å². The van der Waals surface area contributed by atoms with Crippen LogP contribution < -0.4 is 8.92 Å². The Balaban J connectivity index is 3.17. The third-order valence-electron chi connectivity index (χ3n) is 2.18. The van der Waals surface area contributed by atoms with Crippen LogP contribution in [0.25, 0.3) is 0 Å². The molecule has 0 atom stereocenters. The van der Waals surface area contributed by atoms with Crippen LogP contribution in [0.2, 0.25) is 0 Å². The summed E-state index contributed by atoms with van der Waals surface area (Å²) in [5, 5.41) is 0. The van der Waals surface area contributed by atoms with E-state index in [-0.39, 0.29) is 18.1 Å². The van der Waals surface area contributed by atoms with Gasteiger partial charge >= 0.3 is 21.6 Å². The van der Waals surface area contributed by atoms with Crippen LogP contribution in [0.15, 0.2) is 18.2 Å². The maximum absolute atomic E-state index is 12.2. The maximum atomic E-state index is 12.2. The monoisotopic (exact) mass is 344 g/mol. The van der Waals surface area contributed by atoms with Crippen molar-refractivity contribution in [3.05, 3.63) is 23.8 Å². The summed E-state index contributed by atoms with van der Waals surface area (Å²) in [6.07, 6.45) is 0. The van der Waals surface area contributed by atoms with Gasteiger partial charge in [0.1, 0.15) is 17.1 Å². The molecule has 1 aromatic rings. The van der Waals surface area contributed by atoms with Crippen LogP contribution in [0.5, 0.6) is 11.5 Å². The lowest BCUT2D eigenvalue weighted by Gasteiger charge is -2.13. The van der Waals surface area contributed by atoms with Gasteiger partial charge in [-0.1, -0.05) is 0 Å². The molecule has 0 fully saturated rings. The molecular weight excluding hydrogens is 333 g/mol. The van der Waals surface area contributed by atoms with E-state index in [0.29, 0.717) is 0 Å². The molecule has 0 N–H and O–H groups in total. The molecule has 0 unspecified atom stereocenters. The minimum atomic E-state index is -5.85. The standard InChI is InChI=1S/C11H11F3O7S/c1-18-6-20-9-4-3-7(5-8(9)10(15)19-2)21-22(16,17)11(12,13)14/h3-5H,6H2,1-2H3. The quantitative estimate of drug-likeness (QED) is 0.336. The molecule has 0 saturated heterocycles. The van der Waals surface area contributed by atoms with Gasteiger partial charge in [0.25, 0.3) is 0 Å². The molecule has 0 saturated carbocycles. The first-order valence-electron chi connectivity index (χ1n) is 5.47. The van der Waals surface area contributed by atoms with Crippen molar-refractivity contribution in [2.75, 3.05) is 21.0 Å². The number of rotatable bonds is 6. The summed E-state index contributed by atoms with van der Waals surface area (Å²) in [6.45, 7) is -0.245. The van der Waals surface area contributed by atoms with E-state index in [9.17, 15) is 26.4 Å². The van der Waals surface area contributed by atoms with Crippen molar-refractivity contribution in [2.45, 2.75) is 5.51 Å². The van der Waals surface area contributed by atoms with Gasteiger partial charge in [0.2, 0.25) is 0 Å². The van der Waals surface area contributed by atoms with E-state index in [1.54, 1.807) is 0 Å². The van der Waals surface area contributed by atoms with Crippen LogP contribution in [-0.2, 0) is 19.6 Å². The molecule has 7 nitrogen and oxygen atoms in total. The lowest BCUT2D eigenvalue weighted by molar-refractivity contribution is -0.0500. The Labute approximate surface area is 123 Å². The third-order valence-corrected chi connectivity index (χ3v) is 3.16. The fourth-order valence-electron chi connectivity index (χ4n) is 1.25. The van der Waals surface area contributed by atoms with E-state index < -0.39 is 27.3 Å². The van der Waals surface area contributed by atoms with Gasteiger partial charge in [0, 0.05) is 13.2 Å². The Bertz CT molecular complexity index is 640. The fourth-order valence-corrected chi connectivity index (χ4v) is 1.70. The molecule has 0 aliphatic rings. The average Bonchev–Trinajstić information content (AvgIpc) is 2.43. The first kappa shape index (κ1) is 18.0. The topological polar surface area (TPSA) is 88.1 Å². The van der Waals surface area contributed by atoms with Crippen molar-refractivity contribution in [3.8, 4) is 11.5 Å². The Morgan fingerprint density at radius 1 is 1.23 bits per heavy atom. The molecule has 0 bridgehead atoms. The summed E-state index contributed by atoms with van der Waals surface area (Å²) in [7, 11) is -3.51. The number of methoxy groups -OCH3 is 2. The highest BCUT2D eigenvalue weighted by Gasteiger charge is 2.48. The van der Waals surface area contributed by atoms with Gasteiger partial charge in [-0.15, -0.1) is 0 Å². The zero-order chi connectivity index (χ0) is 17.0. The summed E-state index contributed by atoms with van der Waals surface area (Å²) in [5.74, 6) is -1.76. The normalized spacial score (nSPS) is 11.9. The number of benzene rings is 1. The molecule has 0 radical (unpaired) electrons. The van der Waals surface area contributed by atoms with E-state index in [1.807, 2.05) is 0 Å². The van der Waals surface area contributed by atoms with E-state index in [0.717, 1.165) is 25.3 Å². The summed E-state index contributed by atoms with van der Waals surface area (Å²) < 4.78 is 76.5. The molecule has 11 heteroatoms. The minimum absolute atomic E-state index is 0.0783. The number of ether oxygens (including phenoxy) is 3. The first-order valence-corrected chi connectivity index (χ1v) is 6.88. The number of hydrogen-bond acceptors (Lipinski definition) is 7. The van der Waals surface area contributed by atoms with Crippen molar-refractivity contribution in [1.29, 1.82) is 0 Å². The lowest BCUT2D eigenvalue weighted by atomic mass is 10.2. The van der Waals surface area contributed by atoms with E-state index in [4.69, 9.17) is 4.74 Å². The first-order chi connectivity index (χ1) is 10.1. The van der Waals surface area contributed by atoms with Crippen LogP contribution >= 0.6 is 0 Å². The highest BCUT2D eigenvalue weighted by Crippen LogP contribution is 2.30. The molecule has 1 rings (SSSR count). The largest absolute Gasteiger partial charge is 0.534 e. The molecule has 1 aromatic carbocycles. The highest BCUT2D eigenvalue weighted by atomic mass is 32.2. The number of alkyl halides is 3. The predicted molar refractivity (Wildman–Crippen MR) is 65.9 cm³/mol. The SMILES string of the molecule is COCOc1ccc(OS(=O)(=O)C(F)(F)F)cc1C(=O)OC. The van der Waals surface area contributed by atoms with Gasteiger partial charge < -0.3 is 18.4 Å². The molecule has 0 spiro atoms. The Hall–Kier alpha value is -2.01. The zero-order valence-electron chi connectivity index (χ0n) is 11.3. The summed E-state index contributed by atoms with van der Waals surface area (Å²) in [6, 6.07) is 2.69. The summed E-state index contributed by atoms with van der Waals surface area (Å²) in [5.41, 5.74) is -5.92. The Morgan fingerprint density at radius 3 is 2.36 bits per heavy atom. The molecule has 0 amide bonds. The van der Waals surface area contributed by atoms with Crippen LogP contribution in [0.3, 0.4) is 0 Å². The third kappa shape index (κ3) is 4.24. The van der Waals surface area contributed by atoms with Gasteiger partial charge in [-0.25, -0.2) is 4.79 Å². The second kappa shape index (κ2) is 6.83. The highest BCUT2D eigenvalue weighted by molar-refractivity contribution is 7.88. The van der Waals surface area contributed by atoms with Crippen molar-refractivity contribution >= 4 is 16.1 Å². The van der Waals surface area contributed by atoms with E-state index in [2.05, 4.69) is 13.7 Å².